The van der Waals surface area contributed by atoms with E-state index in [-0.39, 0.29) is 140 Å². The highest BCUT2D eigenvalue weighted by molar-refractivity contribution is 14.1. The fourth-order valence-electron chi connectivity index (χ4n) is 14.4. The highest BCUT2D eigenvalue weighted by Crippen LogP contribution is 2.34. The number of unbranched alkanes of at least 4 members (excludes halogenated alkanes) is 3. The molecule has 0 unspecified atom stereocenters. The van der Waals surface area contributed by atoms with Crippen molar-refractivity contribution in [3.63, 3.8) is 0 Å². The van der Waals surface area contributed by atoms with Crippen molar-refractivity contribution in [3.05, 3.63) is 302 Å². The number of ether oxygens (including phenoxy) is 2. The van der Waals surface area contributed by atoms with Crippen LogP contribution in [0.4, 0.5) is 91.1 Å². The summed E-state index contributed by atoms with van der Waals surface area (Å²) >= 11 is 5.89. The number of hydrogen-bond acceptors (Lipinski definition) is 20. The highest BCUT2D eigenvalue weighted by Gasteiger charge is 2.41. The van der Waals surface area contributed by atoms with Gasteiger partial charge in [0.25, 0.3) is 33.4 Å². The van der Waals surface area contributed by atoms with Crippen LogP contribution in [0, 0.1) is 48.9 Å². The summed E-state index contributed by atoms with van der Waals surface area (Å²) in [4.78, 5) is 179. The number of carbonyl (C=O) groups excluding carboxylic acids is 5. The molecule has 0 aliphatic carbocycles. The Hall–Kier alpha value is -13.4. The molecule has 0 radical (unpaired) electrons. The van der Waals surface area contributed by atoms with E-state index in [4.69, 9.17) is 9.53 Å². The van der Waals surface area contributed by atoms with Crippen LogP contribution in [-0.4, -0.2) is 108 Å². The summed E-state index contributed by atoms with van der Waals surface area (Å²) in [6, 6.07) is 42.2. The van der Waals surface area contributed by atoms with E-state index in [0.717, 1.165) is 28.4 Å². The van der Waals surface area contributed by atoms with E-state index in [1.807, 2.05) is 98.1 Å². The molecule has 0 atom stereocenters. The number of rotatable bonds is 28. The Kier molecular flexibility index (Phi) is 35.3. The lowest BCUT2D eigenvalue weighted by molar-refractivity contribution is -0.199. The molecule has 0 fully saturated rings. The Morgan fingerprint density at radius 2 is 0.721 bits per heavy atom. The standard InChI is InChI=1S/C34H33FIN5O5.C29H26F4IN5O6.C27H27FIN5O5.C2HF3O/c1-21-30-29(31(39(3)32(21)43)38-28-15-14-24(36)18-27(28)35)33(44)40(16-7-8-17-46-20-23-10-5-4-6-11-23)34(45)41(30)26-13-9-12-25(19-26)37-22(2)42;1-15-23-22(24(37(3)25(15)41)36-21-10-9-17(34)13-20(21)30)26(42)38(11-4-5-12-45-27(43)29(31,32)33)28(44)39(23)19-8-6-7-18(14-19)35-16(2)40;1-15-23-22(24(32(3)25(15)37)31-21-10-9-17(29)13-20(21)28)26(38)33(11-4-5-12-35)27(39)34(23)19-8-6-7-18(14-19)30-16(2)36;3-2(4,5)1-6/h4-6,9-15,18-19,38H,7-8,16-17,20H2,1-3H3,(H,37,42);6-10,13-14,36H,4-5,11-12H2,1-3H3,(H,35,40);6-10,13-14,31,35H,4-5,11-12H2,1-3H3,(H,30,36);1H. The van der Waals surface area contributed by atoms with Gasteiger partial charge in [-0.05, 0) is 242 Å². The third-order valence-corrected chi connectivity index (χ3v) is 22.7. The summed E-state index contributed by atoms with van der Waals surface area (Å²) in [5, 5.41) is 25.8. The maximum absolute atomic E-state index is 15.0. The third-order valence-electron chi connectivity index (χ3n) is 20.7. The van der Waals surface area contributed by atoms with E-state index in [1.165, 1.54) is 123 Å². The minimum absolute atomic E-state index is 0.0127. The molecule has 6 aromatic heterocycles. The molecular weight excluding hydrogens is 2140 g/mol. The van der Waals surface area contributed by atoms with Gasteiger partial charge in [-0.25, -0.2) is 32.3 Å². The van der Waals surface area contributed by atoms with Gasteiger partial charge in [0, 0.05) is 119 Å². The maximum atomic E-state index is 15.0. The number of alkyl halides is 6. The molecule has 13 rings (SSSR count). The predicted octanol–water partition coefficient (Wildman–Crippen LogP) is 14.2. The lowest BCUT2D eigenvalue weighted by Crippen LogP contribution is -2.41. The van der Waals surface area contributed by atoms with Gasteiger partial charge < -0.3 is 46.5 Å². The summed E-state index contributed by atoms with van der Waals surface area (Å²) in [5.41, 5.74) is -2.42. The number of benzene rings is 7. The minimum atomic E-state index is -5.16. The summed E-state index contributed by atoms with van der Waals surface area (Å²) in [6.07, 6.45) is -9.27. The van der Waals surface area contributed by atoms with Gasteiger partial charge in [0.15, 0.2) is 0 Å². The molecule has 716 valence electrons. The molecule has 0 saturated heterocycles. The number of fused-ring (bicyclic) bond motifs is 3. The smallest absolute Gasteiger partial charge is 0.459 e. The molecule has 6 heterocycles. The number of nitrogens with one attached hydrogen (secondary N) is 6. The van der Waals surface area contributed by atoms with Crippen molar-refractivity contribution < 1.29 is 78.1 Å². The van der Waals surface area contributed by atoms with Crippen LogP contribution in [0.1, 0.15) is 81.5 Å². The molecule has 0 saturated carbocycles. The number of amides is 3. The largest absolute Gasteiger partial charge is 0.490 e. The molecular formula is C92H87F9I3N15O17. The normalized spacial score (nSPS) is 11.2. The van der Waals surface area contributed by atoms with Gasteiger partial charge in [-0.3, -0.25) is 89.0 Å². The lowest BCUT2D eigenvalue weighted by atomic mass is 10.1. The Bertz CT molecular complexity index is 7420. The number of anilines is 9. The van der Waals surface area contributed by atoms with E-state index in [0.29, 0.717) is 78.0 Å². The zero-order valence-electron chi connectivity index (χ0n) is 73.8. The molecule has 44 heteroatoms. The Balaban J connectivity index is 0.000000205. The number of halogens is 12. The average molecular weight is 2230 g/mol. The van der Waals surface area contributed by atoms with Crippen molar-refractivity contribution >= 4 is 182 Å². The van der Waals surface area contributed by atoms with Crippen LogP contribution >= 0.6 is 67.8 Å². The molecule has 32 nitrogen and oxygen atoms in total. The number of aliphatic hydroxyl groups excluding tert-OH is 1. The van der Waals surface area contributed by atoms with Crippen LogP contribution in [0.5, 0.6) is 0 Å². The summed E-state index contributed by atoms with van der Waals surface area (Å²) < 4.78 is 136. The Morgan fingerprint density at radius 3 is 1.01 bits per heavy atom. The monoisotopic (exact) mass is 2230 g/mol. The number of aldehydes is 1. The first kappa shape index (κ1) is 105. The van der Waals surface area contributed by atoms with Crippen molar-refractivity contribution in [3.8, 4) is 17.1 Å². The molecule has 0 aliphatic heterocycles. The molecule has 3 amide bonds. The second-order valence-electron chi connectivity index (χ2n) is 30.5. The minimum Gasteiger partial charge on any atom is -0.459 e. The number of nitrogens with zero attached hydrogens (tertiary/aromatic N) is 9. The van der Waals surface area contributed by atoms with Gasteiger partial charge in [-0.15, -0.1) is 0 Å². The predicted molar refractivity (Wildman–Crippen MR) is 521 cm³/mol. The van der Waals surface area contributed by atoms with Crippen molar-refractivity contribution in [2.24, 2.45) is 21.1 Å². The van der Waals surface area contributed by atoms with Crippen LogP contribution in [0.3, 0.4) is 0 Å². The van der Waals surface area contributed by atoms with Gasteiger partial charge in [0.2, 0.25) is 24.0 Å². The number of esters is 1. The average Bonchev–Trinajstić information content (AvgIpc) is 0.732. The topological polar surface area (TPSA) is 394 Å². The van der Waals surface area contributed by atoms with E-state index < -0.39 is 105 Å². The van der Waals surface area contributed by atoms with Gasteiger partial charge in [-0.2, -0.15) is 26.3 Å². The molecule has 0 aliphatic rings. The Labute approximate surface area is 805 Å². The summed E-state index contributed by atoms with van der Waals surface area (Å²) in [5.74, 6) is -5.24. The fraction of sp³-hybridized carbons (Fsp3) is 0.261. The van der Waals surface area contributed by atoms with Crippen LogP contribution in [0.25, 0.3) is 49.8 Å². The molecule has 0 spiro atoms. The van der Waals surface area contributed by atoms with Crippen molar-refractivity contribution in [2.45, 2.75) is 119 Å². The third kappa shape index (κ3) is 25.0. The summed E-state index contributed by atoms with van der Waals surface area (Å²) in [7, 11) is 4.32. The van der Waals surface area contributed by atoms with Crippen LogP contribution in [-0.2, 0) is 80.8 Å². The molecule has 7 aromatic carbocycles. The van der Waals surface area contributed by atoms with Crippen molar-refractivity contribution in [2.75, 3.05) is 51.7 Å². The van der Waals surface area contributed by atoms with Crippen LogP contribution < -0.4 is 82.3 Å². The number of pyridine rings is 3. The lowest BCUT2D eigenvalue weighted by Gasteiger charge is -2.21. The van der Waals surface area contributed by atoms with Gasteiger partial charge in [0.05, 0.1) is 63.9 Å². The van der Waals surface area contributed by atoms with E-state index in [2.05, 4.69) is 36.6 Å². The zero-order valence-corrected chi connectivity index (χ0v) is 80.3. The van der Waals surface area contributed by atoms with Gasteiger partial charge >= 0.3 is 35.4 Å². The second-order valence-corrected chi connectivity index (χ2v) is 34.3. The first-order valence-corrected chi connectivity index (χ1v) is 44.5. The Morgan fingerprint density at radius 1 is 0.412 bits per heavy atom. The first-order valence-electron chi connectivity index (χ1n) is 41.3. The number of carbonyl (C=O) groups is 5. The SMILES string of the molecule is CC(=O)Nc1cccc(-n2c(=O)n(CCCCO)c(=O)c3c(Nc4ccc(I)cc4F)n(C)c(=O)c(C)c32)c1.CC(=O)Nc1cccc(-n2c(=O)n(CCCCOC(=O)C(F)(F)F)c(=O)c3c(Nc4ccc(I)cc4F)n(C)c(=O)c(C)c32)c1.CC(=O)Nc1cccc(-n2c(=O)n(CCCCOCc3ccccc3)c(=O)c3c(Nc4ccc(I)cc4F)n(C)c(=O)c(C)c32)c1.O=CC(F)(F)F. The van der Waals surface area contributed by atoms with E-state index in [9.17, 15) is 103 Å². The zero-order chi connectivity index (χ0) is 99.8. The van der Waals surface area contributed by atoms with Crippen LogP contribution in [0.2, 0.25) is 0 Å². The number of aryl methyl sites for hydroxylation is 3. The maximum Gasteiger partial charge on any atom is 0.490 e. The molecule has 13 aromatic rings. The number of aliphatic hydroxyl groups is 1. The number of aromatic nitrogens is 9. The second kappa shape index (κ2) is 45.8. The van der Waals surface area contributed by atoms with Crippen molar-refractivity contribution in [1.82, 2.24) is 41.1 Å². The van der Waals surface area contributed by atoms with Gasteiger partial charge in [0.1, 0.15) is 51.1 Å². The van der Waals surface area contributed by atoms with Crippen molar-refractivity contribution in [1.29, 1.82) is 0 Å². The fourth-order valence-corrected chi connectivity index (χ4v) is 15.8. The molecule has 136 heavy (non-hydrogen) atoms. The van der Waals surface area contributed by atoms with E-state index in [1.54, 1.807) is 85.8 Å². The number of hydrogen-bond donors (Lipinski definition) is 7. The first-order chi connectivity index (χ1) is 64.3. The summed E-state index contributed by atoms with van der Waals surface area (Å²) in [6.45, 7) is 8.43. The van der Waals surface area contributed by atoms with E-state index >= 15 is 4.39 Å². The molecule has 7 N–H and O–H groups in total. The molecule has 0 bridgehead atoms. The quantitative estimate of drug-likeness (QED) is 0.00787. The van der Waals surface area contributed by atoms with Gasteiger partial charge in [-0.1, -0.05) is 48.5 Å². The van der Waals surface area contributed by atoms with Crippen LogP contribution in [0.15, 0.2) is 201 Å². The highest BCUT2D eigenvalue weighted by atomic mass is 127.